The second-order valence-electron chi connectivity index (χ2n) is 8.10. The number of rotatable bonds is 4. The first-order valence-corrected chi connectivity index (χ1v) is 10.1. The van der Waals surface area contributed by atoms with E-state index in [4.69, 9.17) is 9.98 Å². The lowest BCUT2D eigenvalue weighted by Gasteiger charge is -2.29. The van der Waals surface area contributed by atoms with Gasteiger partial charge in [0.1, 0.15) is 0 Å². The van der Waals surface area contributed by atoms with E-state index in [1.54, 1.807) is 0 Å². The molecule has 0 aliphatic heterocycles. The van der Waals surface area contributed by atoms with Crippen molar-refractivity contribution >= 4 is 33.2 Å². The van der Waals surface area contributed by atoms with E-state index >= 15 is 0 Å². The predicted octanol–water partition coefficient (Wildman–Crippen LogP) is 6.45. The van der Waals surface area contributed by atoms with Crippen LogP contribution >= 0.6 is 0 Å². The average Bonchev–Trinajstić information content (AvgIpc) is 2.63. The van der Waals surface area contributed by atoms with Crippen LogP contribution in [0.15, 0.2) is 64.6 Å². The van der Waals surface area contributed by atoms with Crippen molar-refractivity contribution in [1.82, 2.24) is 4.90 Å². The van der Waals surface area contributed by atoms with E-state index in [2.05, 4.69) is 87.2 Å². The van der Waals surface area contributed by atoms with Gasteiger partial charge in [-0.25, -0.2) is 9.98 Å². The Morgan fingerprint density at radius 3 is 1.86 bits per heavy atom. The van der Waals surface area contributed by atoms with Crippen molar-refractivity contribution in [2.24, 2.45) is 9.98 Å². The van der Waals surface area contributed by atoms with Gasteiger partial charge in [0.05, 0.1) is 0 Å². The third-order valence-electron chi connectivity index (χ3n) is 4.79. The molecule has 0 N–H and O–H groups in total. The minimum Gasteiger partial charge on any atom is -0.334 e. The normalized spacial score (nSPS) is 12.2. The third-order valence-corrected chi connectivity index (χ3v) is 4.79. The molecule has 0 aliphatic carbocycles. The minimum absolute atomic E-state index is 0.198. The molecule has 0 spiro atoms. The van der Waals surface area contributed by atoms with E-state index in [9.17, 15) is 0 Å². The van der Waals surface area contributed by atoms with Gasteiger partial charge < -0.3 is 4.90 Å². The summed E-state index contributed by atoms with van der Waals surface area (Å²) in [5.74, 6) is 0.821. The monoisotopic (exact) mass is 373 g/mol. The first-order chi connectivity index (χ1) is 13.4. The lowest BCUT2D eigenvalue weighted by atomic mass is 9.96. The smallest absolute Gasteiger partial charge is 0.221 e. The van der Waals surface area contributed by atoms with E-state index < -0.39 is 0 Å². The molecule has 0 bridgehead atoms. The van der Waals surface area contributed by atoms with Crippen molar-refractivity contribution < 1.29 is 0 Å². The molecule has 0 radical (unpaired) electrons. The van der Waals surface area contributed by atoms with Crippen molar-refractivity contribution in [2.45, 2.75) is 60.2 Å². The van der Waals surface area contributed by atoms with Gasteiger partial charge in [-0.3, -0.25) is 0 Å². The highest BCUT2D eigenvalue weighted by atomic mass is 15.3. The molecule has 0 unspecified atom stereocenters. The number of hydrogen-bond acceptors (Lipinski definition) is 1. The van der Waals surface area contributed by atoms with E-state index in [-0.39, 0.29) is 6.04 Å². The van der Waals surface area contributed by atoms with Crippen LogP contribution in [0.1, 0.15) is 47.1 Å². The predicted molar refractivity (Wildman–Crippen MR) is 123 cm³/mol. The maximum atomic E-state index is 4.85. The fourth-order valence-corrected chi connectivity index (χ4v) is 3.53. The summed E-state index contributed by atoms with van der Waals surface area (Å²) in [5.41, 5.74) is 2.36. The highest BCUT2D eigenvalue weighted by molar-refractivity contribution is 6.02. The van der Waals surface area contributed by atoms with Crippen LogP contribution < -0.4 is 0 Å². The molecule has 0 saturated carbocycles. The fourth-order valence-electron chi connectivity index (χ4n) is 3.53. The summed E-state index contributed by atoms with van der Waals surface area (Å²) in [7, 11) is 0. The van der Waals surface area contributed by atoms with Crippen LogP contribution in [0.2, 0.25) is 0 Å². The quantitative estimate of drug-likeness (QED) is 0.293. The summed E-state index contributed by atoms with van der Waals surface area (Å²) in [6.07, 6.45) is 0. The van der Waals surface area contributed by atoms with Crippen LogP contribution in [0, 0.1) is 0 Å². The zero-order valence-electron chi connectivity index (χ0n) is 17.9. The SMILES string of the molecule is CC(C)=NC(=NC(C)C)N(Cc1c2ccccc2cc2ccccc12)C(C)C. The summed E-state index contributed by atoms with van der Waals surface area (Å²) in [6, 6.07) is 20.1. The Kier molecular flexibility index (Phi) is 6.13. The second kappa shape index (κ2) is 8.55. The number of aliphatic imine (C=N–C) groups is 2. The number of benzene rings is 3. The van der Waals surface area contributed by atoms with Gasteiger partial charge in [0.25, 0.3) is 0 Å². The summed E-state index contributed by atoms with van der Waals surface area (Å²) >= 11 is 0. The van der Waals surface area contributed by atoms with E-state index in [0.717, 1.165) is 18.2 Å². The average molecular weight is 374 g/mol. The van der Waals surface area contributed by atoms with Crippen LogP contribution in [0.3, 0.4) is 0 Å². The van der Waals surface area contributed by atoms with Crippen LogP contribution in [0.4, 0.5) is 0 Å². The van der Waals surface area contributed by atoms with Crippen molar-refractivity contribution in [3.63, 3.8) is 0 Å². The van der Waals surface area contributed by atoms with Crippen molar-refractivity contribution in [2.75, 3.05) is 0 Å². The number of guanidine groups is 1. The Hall–Kier alpha value is -2.68. The highest BCUT2D eigenvalue weighted by Crippen LogP contribution is 2.30. The van der Waals surface area contributed by atoms with Gasteiger partial charge in [0.2, 0.25) is 5.96 Å². The summed E-state index contributed by atoms with van der Waals surface area (Å²) in [6.45, 7) is 13.5. The Bertz CT molecular complexity index is 970. The Labute approximate surface area is 168 Å². The molecule has 0 aliphatic rings. The van der Waals surface area contributed by atoms with E-state index in [1.165, 1.54) is 27.1 Å². The van der Waals surface area contributed by atoms with Gasteiger partial charge >= 0.3 is 0 Å². The largest absolute Gasteiger partial charge is 0.334 e. The standard InChI is InChI=1S/C25H31N3/c1-17(2)26-25(27-18(3)4)28(19(5)6)16-24-22-13-9-7-11-20(22)15-21-12-8-10-14-23(21)24/h7-15,17,19H,16H2,1-6H3. The minimum atomic E-state index is 0.198. The molecular weight excluding hydrogens is 342 g/mol. The maximum Gasteiger partial charge on any atom is 0.221 e. The van der Waals surface area contributed by atoms with Gasteiger partial charge in [-0.15, -0.1) is 0 Å². The van der Waals surface area contributed by atoms with Crippen LogP contribution in [-0.2, 0) is 6.54 Å². The van der Waals surface area contributed by atoms with Gasteiger partial charge in [-0.2, -0.15) is 0 Å². The maximum absolute atomic E-state index is 4.85. The molecule has 146 valence electrons. The molecule has 28 heavy (non-hydrogen) atoms. The molecule has 0 aromatic heterocycles. The van der Waals surface area contributed by atoms with Gasteiger partial charge in [-0.05, 0) is 74.7 Å². The second-order valence-corrected chi connectivity index (χ2v) is 8.10. The first kappa shape index (κ1) is 20.1. The summed E-state index contributed by atoms with van der Waals surface area (Å²) in [4.78, 5) is 12.0. The topological polar surface area (TPSA) is 28.0 Å². The fraction of sp³-hybridized carbons (Fsp3) is 0.360. The first-order valence-electron chi connectivity index (χ1n) is 10.1. The number of nitrogens with zero attached hydrogens (tertiary/aromatic N) is 3. The number of hydrogen-bond donors (Lipinski definition) is 0. The van der Waals surface area contributed by atoms with Gasteiger partial charge in [0.15, 0.2) is 0 Å². The molecule has 3 aromatic carbocycles. The molecule has 0 fully saturated rings. The molecule has 3 heteroatoms. The molecule has 0 saturated heterocycles. The molecule has 0 atom stereocenters. The van der Waals surface area contributed by atoms with E-state index in [1.807, 2.05) is 13.8 Å². The summed E-state index contributed by atoms with van der Waals surface area (Å²) < 4.78 is 0. The van der Waals surface area contributed by atoms with Crippen molar-refractivity contribution in [3.05, 3.63) is 60.2 Å². The van der Waals surface area contributed by atoms with E-state index in [0.29, 0.717) is 6.04 Å². The Morgan fingerprint density at radius 1 is 0.857 bits per heavy atom. The summed E-state index contributed by atoms with van der Waals surface area (Å²) in [5, 5.41) is 5.15. The van der Waals surface area contributed by atoms with Crippen LogP contribution in [-0.4, -0.2) is 28.7 Å². The van der Waals surface area contributed by atoms with Gasteiger partial charge in [-0.1, -0.05) is 48.5 Å². The molecule has 3 rings (SSSR count). The molecule has 0 amide bonds. The Morgan fingerprint density at radius 2 is 1.39 bits per heavy atom. The van der Waals surface area contributed by atoms with Crippen molar-refractivity contribution in [1.29, 1.82) is 0 Å². The van der Waals surface area contributed by atoms with Gasteiger partial charge in [0, 0.05) is 24.3 Å². The molecule has 0 heterocycles. The third kappa shape index (κ3) is 4.41. The zero-order valence-corrected chi connectivity index (χ0v) is 17.9. The lowest BCUT2D eigenvalue weighted by Crippen LogP contribution is -2.36. The molecule has 3 aromatic rings. The highest BCUT2D eigenvalue weighted by Gasteiger charge is 2.18. The Balaban J connectivity index is 2.20. The lowest BCUT2D eigenvalue weighted by molar-refractivity contribution is 0.339. The zero-order chi connectivity index (χ0) is 20.3. The van der Waals surface area contributed by atoms with Crippen molar-refractivity contribution in [3.8, 4) is 0 Å². The molecular formula is C25H31N3. The molecule has 3 nitrogen and oxygen atoms in total. The number of fused-ring (bicyclic) bond motifs is 2. The van der Waals surface area contributed by atoms with Crippen LogP contribution in [0.5, 0.6) is 0 Å². The van der Waals surface area contributed by atoms with Crippen LogP contribution in [0.25, 0.3) is 21.5 Å².